The van der Waals surface area contributed by atoms with Crippen molar-refractivity contribution in [2.75, 3.05) is 13.1 Å². The normalized spacial score (nSPS) is 36.7. The largest absolute Gasteiger partial charge is 0.389 e. The molecule has 4 heteroatoms. The maximum atomic E-state index is 12.3. The number of alkyl halides is 1. The number of amides is 1. The molecule has 0 aromatic carbocycles. The van der Waals surface area contributed by atoms with Crippen molar-refractivity contribution in [3.05, 3.63) is 0 Å². The van der Waals surface area contributed by atoms with Gasteiger partial charge in [-0.25, -0.2) is 4.39 Å². The molecule has 2 atom stereocenters. The minimum absolute atomic E-state index is 0.122. The van der Waals surface area contributed by atoms with Gasteiger partial charge in [0.1, 0.15) is 6.17 Å². The first-order valence-electron chi connectivity index (χ1n) is 3.79. The van der Waals surface area contributed by atoms with Gasteiger partial charge in [0, 0.05) is 13.1 Å². The molecule has 2 fully saturated rings. The van der Waals surface area contributed by atoms with Crippen LogP contribution in [0.2, 0.25) is 0 Å². The molecule has 62 valence electrons. The molecule has 1 saturated heterocycles. The minimum Gasteiger partial charge on any atom is -0.389 e. The third kappa shape index (κ3) is 1.11. The van der Waals surface area contributed by atoms with Gasteiger partial charge in [-0.05, 0) is 6.42 Å². The highest BCUT2D eigenvalue weighted by molar-refractivity contribution is 5.82. The molecule has 3 nitrogen and oxygen atoms in total. The van der Waals surface area contributed by atoms with E-state index in [0.717, 1.165) is 0 Å². The topological polar surface area (TPSA) is 40.5 Å². The lowest BCUT2D eigenvalue weighted by Gasteiger charge is -2.35. The molecule has 2 aliphatic rings. The molecule has 0 aromatic rings. The monoisotopic (exact) mass is 159 g/mol. The molecule has 1 heterocycles. The van der Waals surface area contributed by atoms with E-state index in [1.165, 1.54) is 4.90 Å². The van der Waals surface area contributed by atoms with Crippen LogP contribution in [0, 0.1) is 5.92 Å². The minimum atomic E-state index is -0.916. The number of nitrogens with zero attached hydrogens (tertiary/aromatic N) is 1. The third-order valence-electron chi connectivity index (χ3n) is 2.20. The lowest BCUT2D eigenvalue weighted by Crippen LogP contribution is -2.54. The Morgan fingerprint density at radius 1 is 1.55 bits per heavy atom. The number of hydrogen-bond donors (Lipinski definition) is 1. The van der Waals surface area contributed by atoms with Crippen LogP contribution in [0.1, 0.15) is 6.42 Å². The summed E-state index contributed by atoms with van der Waals surface area (Å²) in [5.74, 6) is -0.509. The standard InChI is InChI=1S/C7H10FNO2/c8-6-1-5(6)7(11)9-2-4(10)3-9/h4-6,10H,1-3H2/t5-,6+/m1/s1. The molecule has 11 heavy (non-hydrogen) atoms. The summed E-state index contributed by atoms with van der Waals surface area (Å²) in [6, 6.07) is 0. The van der Waals surface area contributed by atoms with Crippen molar-refractivity contribution in [2.24, 2.45) is 5.92 Å². The Balaban J connectivity index is 1.83. The molecule has 1 aliphatic heterocycles. The maximum absolute atomic E-state index is 12.3. The molecule has 0 unspecified atom stereocenters. The van der Waals surface area contributed by atoms with E-state index in [9.17, 15) is 9.18 Å². The van der Waals surface area contributed by atoms with Crippen LogP contribution >= 0.6 is 0 Å². The fourth-order valence-electron chi connectivity index (χ4n) is 1.29. The van der Waals surface area contributed by atoms with Crippen molar-refractivity contribution in [1.29, 1.82) is 0 Å². The molecule has 0 aromatic heterocycles. The summed E-state index contributed by atoms with van der Waals surface area (Å²) in [5, 5.41) is 8.85. The summed E-state index contributed by atoms with van der Waals surface area (Å²) in [7, 11) is 0. The SMILES string of the molecule is O=C([C@@H]1C[C@@H]1F)N1CC(O)C1. The van der Waals surface area contributed by atoms with E-state index in [0.29, 0.717) is 19.5 Å². The zero-order chi connectivity index (χ0) is 8.01. The Labute approximate surface area is 63.8 Å². The smallest absolute Gasteiger partial charge is 0.228 e. The molecular weight excluding hydrogens is 149 g/mol. The van der Waals surface area contributed by atoms with Gasteiger partial charge in [0.15, 0.2) is 0 Å². The molecule has 0 spiro atoms. The van der Waals surface area contributed by atoms with E-state index in [4.69, 9.17) is 5.11 Å². The van der Waals surface area contributed by atoms with Crippen LogP contribution in [-0.2, 0) is 4.79 Å². The van der Waals surface area contributed by atoms with Gasteiger partial charge in [-0.3, -0.25) is 4.79 Å². The quantitative estimate of drug-likeness (QED) is 0.562. The molecule has 1 saturated carbocycles. The van der Waals surface area contributed by atoms with Crippen LogP contribution < -0.4 is 0 Å². The fourth-order valence-corrected chi connectivity index (χ4v) is 1.29. The summed E-state index contributed by atoms with van der Waals surface area (Å²) in [5.41, 5.74) is 0. The number of rotatable bonds is 1. The Morgan fingerprint density at radius 2 is 2.09 bits per heavy atom. The zero-order valence-corrected chi connectivity index (χ0v) is 6.03. The van der Waals surface area contributed by atoms with E-state index >= 15 is 0 Å². The number of likely N-dealkylation sites (tertiary alicyclic amines) is 1. The number of carbonyl (C=O) groups is 1. The highest BCUT2D eigenvalue weighted by Crippen LogP contribution is 2.36. The second kappa shape index (κ2) is 2.17. The number of β-amino-alcohol motifs (C(OH)–C–C–N with tert-alkyl or cyclic N) is 1. The second-order valence-electron chi connectivity index (χ2n) is 3.26. The number of halogens is 1. The van der Waals surface area contributed by atoms with Crippen LogP contribution in [-0.4, -0.2) is 41.3 Å². The summed E-state index contributed by atoms with van der Waals surface area (Å²) in [6.07, 6.45) is -0.915. The van der Waals surface area contributed by atoms with Gasteiger partial charge in [0.2, 0.25) is 5.91 Å². The van der Waals surface area contributed by atoms with Crippen LogP contribution in [0.25, 0.3) is 0 Å². The fraction of sp³-hybridized carbons (Fsp3) is 0.857. The highest BCUT2D eigenvalue weighted by Gasteiger charge is 2.47. The van der Waals surface area contributed by atoms with Crippen LogP contribution in [0.3, 0.4) is 0 Å². The lowest BCUT2D eigenvalue weighted by molar-refractivity contribution is -0.143. The Bertz CT molecular complexity index is 191. The van der Waals surface area contributed by atoms with Gasteiger partial charge in [-0.15, -0.1) is 0 Å². The van der Waals surface area contributed by atoms with Gasteiger partial charge in [-0.2, -0.15) is 0 Å². The van der Waals surface area contributed by atoms with E-state index < -0.39 is 6.17 Å². The highest BCUT2D eigenvalue weighted by atomic mass is 19.1. The van der Waals surface area contributed by atoms with Gasteiger partial charge in [-0.1, -0.05) is 0 Å². The maximum Gasteiger partial charge on any atom is 0.228 e. The van der Waals surface area contributed by atoms with Gasteiger partial charge < -0.3 is 10.0 Å². The predicted molar refractivity (Wildman–Crippen MR) is 35.6 cm³/mol. The number of hydrogen-bond acceptors (Lipinski definition) is 2. The molecule has 0 bridgehead atoms. The Kier molecular flexibility index (Phi) is 1.39. The first-order valence-corrected chi connectivity index (χ1v) is 3.79. The van der Waals surface area contributed by atoms with Crippen molar-refractivity contribution in [3.63, 3.8) is 0 Å². The third-order valence-corrected chi connectivity index (χ3v) is 2.20. The number of carbonyl (C=O) groups excluding carboxylic acids is 1. The number of aliphatic hydroxyl groups excluding tert-OH is 1. The number of aliphatic hydroxyl groups is 1. The zero-order valence-electron chi connectivity index (χ0n) is 6.03. The predicted octanol–water partition coefficient (Wildman–Crippen LogP) is -0.452. The molecule has 0 radical (unpaired) electrons. The second-order valence-corrected chi connectivity index (χ2v) is 3.26. The average Bonchev–Trinajstić information content (AvgIpc) is 2.58. The van der Waals surface area contributed by atoms with Crippen LogP contribution in [0.5, 0.6) is 0 Å². The van der Waals surface area contributed by atoms with Gasteiger partial charge >= 0.3 is 0 Å². The first-order chi connectivity index (χ1) is 5.18. The first kappa shape index (κ1) is 7.03. The van der Waals surface area contributed by atoms with Crippen molar-refractivity contribution >= 4 is 5.91 Å². The summed E-state index contributed by atoms with van der Waals surface area (Å²) in [6.45, 7) is 0.782. The van der Waals surface area contributed by atoms with Gasteiger partial charge in [0.25, 0.3) is 0 Å². The summed E-state index contributed by atoms with van der Waals surface area (Å²) >= 11 is 0. The van der Waals surface area contributed by atoms with E-state index in [2.05, 4.69) is 0 Å². The van der Waals surface area contributed by atoms with Gasteiger partial charge in [0.05, 0.1) is 12.0 Å². The van der Waals surface area contributed by atoms with E-state index in [1.54, 1.807) is 0 Å². The van der Waals surface area contributed by atoms with Crippen molar-refractivity contribution in [3.8, 4) is 0 Å². The molecular formula is C7H10FNO2. The molecule has 2 rings (SSSR count). The van der Waals surface area contributed by atoms with E-state index in [1.807, 2.05) is 0 Å². The van der Waals surface area contributed by atoms with Crippen molar-refractivity contribution in [2.45, 2.75) is 18.7 Å². The Hall–Kier alpha value is -0.640. The average molecular weight is 159 g/mol. The summed E-state index contributed by atoms with van der Waals surface area (Å²) in [4.78, 5) is 12.6. The molecule has 1 amide bonds. The molecule has 1 N–H and O–H groups in total. The molecule has 1 aliphatic carbocycles. The lowest BCUT2D eigenvalue weighted by atomic mass is 10.1. The van der Waals surface area contributed by atoms with Crippen molar-refractivity contribution < 1.29 is 14.3 Å². The Morgan fingerprint density at radius 3 is 2.45 bits per heavy atom. The summed E-state index contributed by atoms with van der Waals surface area (Å²) < 4.78 is 12.3. The van der Waals surface area contributed by atoms with E-state index in [-0.39, 0.29) is 17.9 Å². The van der Waals surface area contributed by atoms with Crippen LogP contribution in [0.4, 0.5) is 4.39 Å². The van der Waals surface area contributed by atoms with Crippen LogP contribution in [0.15, 0.2) is 0 Å². The van der Waals surface area contributed by atoms with Crippen molar-refractivity contribution in [1.82, 2.24) is 4.90 Å².